The number of esters is 1. The molecule has 0 radical (unpaired) electrons. The molecule has 0 aliphatic heterocycles. The quantitative estimate of drug-likeness (QED) is 0.838. The fourth-order valence-electron chi connectivity index (χ4n) is 1.53. The van der Waals surface area contributed by atoms with E-state index >= 15 is 0 Å². The molecule has 0 unspecified atom stereocenters. The summed E-state index contributed by atoms with van der Waals surface area (Å²) in [5.74, 6) is 0.302. The zero-order chi connectivity index (χ0) is 14.4. The summed E-state index contributed by atoms with van der Waals surface area (Å²) in [4.78, 5) is 24.0. The average molecular weight is 272 g/mol. The van der Waals surface area contributed by atoms with Crippen LogP contribution in [0.25, 0.3) is 0 Å². The van der Waals surface area contributed by atoms with Gasteiger partial charge in [-0.05, 0) is 26.0 Å². The van der Waals surface area contributed by atoms with Crippen molar-refractivity contribution in [3.05, 3.63) is 47.7 Å². The molecule has 0 fully saturated rings. The molecule has 0 aliphatic rings. The van der Waals surface area contributed by atoms with Crippen LogP contribution in [0.1, 0.15) is 28.7 Å². The zero-order valence-corrected chi connectivity index (χ0v) is 11.5. The third kappa shape index (κ3) is 3.74. The van der Waals surface area contributed by atoms with E-state index in [-0.39, 0.29) is 5.97 Å². The van der Waals surface area contributed by atoms with E-state index in [1.54, 1.807) is 31.5 Å². The third-order valence-electron chi connectivity index (χ3n) is 2.56. The monoisotopic (exact) mass is 272 g/mol. The average Bonchev–Trinajstić information content (AvgIpc) is 2.47. The van der Waals surface area contributed by atoms with Crippen LogP contribution in [0.5, 0.6) is 0 Å². The van der Waals surface area contributed by atoms with Gasteiger partial charge in [0, 0.05) is 12.4 Å². The van der Waals surface area contributed by atoms with Crippen molar-refractivity contribution in [3.8, 4) is 0 Å². The van der Waals surface area contributed by atoms with E-state index in [0.717, 1.165) is 11.4 Å². The second-order valence-electron chi connectivity index (χ2n) is 4.16. The van der Waals surface area contributed by atoms with Crippen molar-refractivity contribution in [3.63, 3.8) is 0 Å². The van der Waals surface area contributed by atoms with E-state index in [2.05, 4.69) is 20.3 Å². The number of rotatable bonds is 5. The first-order chi connectivity index (χ1) is 9.69. The van der Waals surface area contributed by atoms with Gasteiger partial charge >= 0.3 is 5.97 Å². The summed E-state index contributed by atoms with van der Waals surface area (Å²) < 4.78 is 4.89. The molecular weight excluding hydrogens is 256 g/mol. The fraction of sp³-hybridized carbons (Fsp3) is 0.286. The van der Waals surface area contributed by atoms with Crippen LogP contribution in [0.2, 0.25) is 0 Å². The Bertz CT molecular complexity index is 567. The maximum Gasteiger partial charge on any atom is 0.339 e. The Morgan fingerprint density at radius 1 is 1.20 bits per heavy atom. The van der Waals surface area contributed by atoms with Crippen LogP contribution in [-0.4, -0.2) is 27.5 Å². The Hall–Kier alpha value is -2.50. The van der Waals surface area contributed by atoms with Crippen molar-refractivity contribution in [1.29, 1.82) is 0 Å². The predicted molar refractivity (Wildman–Crippen MR) is 74.3 cm³/mol. The minimum absolute atomic E-state index is 0.352. The molecule has 6 nitrogen and oxygen atoms in total. The molecule has 0 amide bonds. The van der Waals surface area contributed by atoms with Gasteiger partial charge in [0.15, 0.2) is 0 Å². The molecule has 0 saturated carbocycles. The van der Waals surface area contributed by atoms with E-state index in [0.29, 0.717) is 24.5 Å². The lowest BCUT2D eigenvalue weighted by atomic mass is 10.3. The number of ether oxygens (including phenoxy) is 1. The zero-order valence-electron chi connectivity index (χ0n) is 11.5. The molecular formula is C14H16N4O2. The molecule has 0 aliphatic carbocycles. The molecule has 104 valence electrons. The van der Waals surface area contributed by atoms with Crippen LogP contribution in [0.3, 0.4) is 0 Å². The number of carbonyl (C=O) groups is 1. The highest BCUT2D eigenvalue weighted by atomic mass is 16.5. The number of aryl methyl sites for hydroxylation is 1. The fourth-order valence-corrected chi connectivity index (χ4v) is 1.53. The standard InChI is InChI=1S/C14H16N4O2/c1-3-20-14(19)11-4-5-13(17-7-11)18-9-12-8-15-10(2)6-16-12/h4-8H,3,9H2,1-2H3,(H,17,18). The topological polar surface area (TPSA) is 77.0 Å². The van der Waals surface area contributed by atoms with Gasteiger partial charge in [0.25, 0.3) is 0 Å². The summed E-state index contributed by atoms with van der Waals surface area (Å²) in [6, 6.07) is 3.40. The number of aromatic nitrogens is 3. The van der Waals surface area contributed by atoms with Crippen LogP contribution in [0, 0.1) is 6.92 Å². The number of hydrogen-bond donors (Lipinski definition) is 1. The number of carbonyl (C=O) groups excluding carboxylic acids is 1. The minimum atomic E-state index is -0.365. The molecule has 2 aromatic rings. The lowest BCUT2D eigenvalue weighted by Gasteiger charge is -2.06. The normalized spacial score (nSPS) is 10.1. The number of nitrogens with zero attached hydrogens (tertiary/aromatic N) is 3. The van der Waals surface area contributed by atoms with Crippen molar-refractivity contribution in [2.45, 2.75) is 20.4 Å². The molecule has 0 atom stereocenters. The van der Waals surface area contributed by atoms with Crippen LogP contribution in [0.15, 0.2) is 30.7 Å². The molecule has 1 N–H and O–H groups in total. The van der Waals surface area contributed by atoms with Gasteiger partial charge in [-0.2, -0.15) is 0 Å². The highest BCUT2D eigenvalue weighted by Crippen LogP contribution is 2.07. The molecule has 0 bridgehead atoms. The molecule has 6 heteroatoms. The van der Waals surface area contributed by atoms with Crippen molar-refractivity contribution >= 4 is 11.8 Å². The molecule has 2 rings (SSSR count). The summed E-state index contributed by atoms with van der Waals surface area (Å²) in [7, 11) is 0. The van der Waals surface area contributed by atoms with Crippen LogP contribution >= 0.6 is 0 Å². The van der Waals surface area contributed by atoms with Gasteiger partial charge in [-0.15, -0.1) is 0 Å². The lowest BCUT2D eigenvalue weighted by Crippen LogP contribution is -2.07. The van der Waals surface area contributed by atoms with Gasteiger partial charge in [0.1, 0.15) is 5.82 Å². The lowest BCUT2D eigenvalue weighted by molar-refractivity contribution is 0.0526. The van der Waals surface area contributed by atoms with E-state index in [4.69, 9.17) is 4.74 Å². The first-order valence-corrected chi connectivity index (χ1v) is 6.33. The Kier molecular flexibility index (Phi) is 4.60. The summed E-state index contributed by atoms with van der Waals surface area (Å²) >= 11 is 0. The van der Waals surface area contributed by atoms with Crippen molar-refractivity contribution in [2.24, 2.45) is 0 Å². The van der Waals surface area contributed by atoms with Crippen molar-refractivity contribution in [2.75, 3.05) is 11.9 Å². The number of pyridine rings is 1. The van der Waals surface area contributed by atoms with E-state index < -0.39 is 0 Å². The largest absolute Gasteiger partial charge is 0.462 e. The van der Waals surface area contributed by atoms with Gasteiger partial charge in [0.2, 0.25) is 0 Å². The van der Waals surface area contributed by atoms with Crippen LogP contribution in [0.4, 0.5) is 5.82 Å². The SMILES string of the molecule is CCOC(=O)c1ccc(NCc2cnc(C)cn2)nc1. The van der Waals surface area contributed by atoms with Crippen LogP contribution < -0.4 is 5.32 Å². The summed E-state index contributed by atoms with van der Waals surface area (Å²) in [5.41, 5.74) is 2.14. The maximum atomic E-state index is 11.5. The van der Waals surface area contributed by atoms with E-state index in [9.17, 15) is 4.79 Å². The third-order valence-corrected chi connectivity index (χ3v) is 2.56. The first kappa shape index (κ1) is 13.9. The van der Waals surface area contributed by atoms with Gasteiger partial charge < -0.3 is 10.1 Å². The number of anilines is 1. The molecule has 2 aromatic heterocycles. The first-order valence-electron chi connectivity index (χ1n) is 6.33. The van der Waals surface area contributed by atoms with E-state index in [1.807, 2.05) is 6.92 Å². The molecule has 0 aromatic carbocycles. The molecule has 20 heavy (non-hydrogen) atoms. The van der Waals surface area contributed by atoms with Crippen LogP contribution in [-0.2, 0) is 11.3 Å². The highest BCUT2D eigenvalue weighted by molar-refractivity contribution is 5.89. The van der Waals surface area contributed by atoms with E-state index in [1.165, 1.54) is 6.20 Å². The molecule has 0 spiro atoms. The highest BCUT2D eigenvalue weighted by Gasteiger charge is 2.06. The van der Waals surface area contributed by atoms with Gasteiger partial charge in [-0.25, -0.2) is 9.78 Å². The molecule has 0 saturated heterocycles. The maximum absolute atomic E-state index is 11.5. The Morgan fingerprint density at radius 2 is 2.05 bits per heavy atom. The second-order valence-corrected chi connectivity index (χ2v) is 4.16. The second kappa shape index (κ2) is 6.60. The summed E-state index contributed by atoms with van der Waals surface area (Å²) in [6.45, 7) is 4.54. The number of hydrogen-bond acceptors (Lipinski definition) is 6. The molecule has 2 heterocycles. The smallest absolute Gasteiger partial charge is 0.339 e. The summed E-state index contributed by atoms with van der Waals surface area (Å²) in [5, 5.41) is 3.11. The Labute approximate surface area is 117 Å². The minimum Gasteiger partial charge on any atom is -0.462 e. The van der Waals surface area contributed by atoms with Gasteiger partial charge in [-0.3, -0.25) is 9.97 Å². The Morgan fingerprint density at radius 3 is 2.65 bits per heavy atom. The Balaban J connectivity index is 1.93. The van der Waals surface area contributed by atoms with Crippen molar-refractivity contribution in [1.82, 2.24) is 15.0 Å². The predicted octanol–water partition coefficient (Wildman–Crippen LogP) is 1.97. The van der Waals surface area contributed by atoms with Crippen molar-refractivity contribution < 1.29 is 9.53 Å². The summed E-state index contributed by atoms with van der Waals surface area (Å²) in [6.07, 6.45) is 4.92. The van der Waals surface area contributed by atoms with Gasteiger partial charge in [0.05, 0.1) is 36.3 Å². The number of nitrogens with one attached hydrogen (secondary N) is 1. The van der Waals surface area contributed by atoms with Gasteiger partial charge in [-0.1, -0.05) is 0 Å².